The molecule has 0 radical (unpaired) electrons. The number of ketones is 1. The maximum absolute atomic E-state index is 14.7. The Balaban J connectivity index is 1.16. The summed E-state index contributed by atoms with van der Waals surface area (Å²) in [6.45, 7) is 4.22. The largest absolute Gasteiger partial charge is 0.497 e. The molecule has 2 aliphatic rings. The Labute approximate surface area is 352 Å². The fourth-order valence-corrected chi connectivity index (χ4v) is 7.81. The van der Waals surface area contributed by atoms with E-state index in [4.69, 9.17) is 30.8 Å². The zero-order valence-electron chi connectivity index (χ0n) is 34.0. The van der Waals surface area contributed by atoms with Crippen molar-refractivity contribution in [2.24, 2.45) is 4.99 Å². The average Bonchev–Trinajstić information content (AvgIpc) is 3.70. The molecule has 0 bridgehead atoms. The van der Waals surface area contributed by atoms with Crippen LogP contribution in [0.4, 0.5) is 17.2 Å². The first-order chi connectivity index (χ1) is 28.9. The Morgan fingerprint density at radius 1 is 1.02 bits per heavy atom. The zero-order chi connectivity index (χ0) is 42.4. The van der Waals surface area contributed by atoms with Crippen molar-refractivity contribution in [1.82, 2.24) is 9.55 Å². The number of quaternary nitrogens is 1. The quantitative estimate of drug-likeness (QED) is 0.0474. The summed E-state index contributed by atoms with van der Waals surface area (Å²) in [5, 5.41) is 15.7. The number of nitrogens with one attached hydrogen (secondary N) is 1. The Morgan fingerprint density at radius 3 is 2.52 bits per heavy atom. The number of aromatic nitrogens is 2. The van der Waals surface area contributed by atoms with Gasteiger partial charge in [0.15, 0.2) is 5.78 Å². The molecule has 15 heteroatoms. The number of likely N-dealkylation sites (N-methyl/N-ethyl adjacent to an activating group) is 1. The number of ether oxygens (including phenoxy) is 3. The monoisotopic (exact) mass is 832 g/mol. The number of fused-ring (bicyclic) bond motifs is 1. The number of carbonyl (C=O) groups is 1. The highest BCUT2D eigenvalue weighted by atomic mass is 35.5. The van der Waals surface area contributed by atoms with E-state index in [1.54, 1.807) is 41.3 Å². The van der Waals surface area contributed by atoms with Gasteiger partial charge in [0.2, 0.25) is 0 Å². The molecule has 5 aromatic rings. The number of hydrogen-bond acceptors (Lipinski definition) is 11. The molecule has 2 aromatic heterocycles. The number of nitrogens with zero attached hydrogens (tertiary/aromatic N) is 6. The van der Waals surface area contributed by atoms with Gasteiger partial charge in [0.05, 0.1) is 70.7 Å². The molecule has 4 heterocycles. The standard InChI is InChI=1S/C45H46ClN7O7/c1-53(2,29-32-14-15-47-44(32)52(56)57)18-6-9-36(54)22-30-7-5-8-31(21-30)28-51-40-26-42(49-34-10-12-35(13-11-34)50-16-19-60-20-17-50)48-27-33(40)23-39(45(51)55)38-24-37(58-3)25-41(59-4)43(38)46/h5-13,15,21,23-27H,14,16-20,22,28-29H2,1-4H3/p+1/b9-6+. The number of hydrogen-bond donors (Lipinski definition) is 1. The van der Waals surface area contributed by atoms with Crippen LogP contribution in [0.1, 0.15) is 17.5 Å². The van der Waals surface area contributed by atoms with Crippen LogP contribution >= 0.6 is 11.6 Å². The second-order valence-corrected chi connectivity index (χ2v) is 15.8. The van der Waals surface area contributed by atoms with Gasteiger partial charge >= 0.3 is 5.82 Å². The summed E-state index contributed by atoms with van der Waals surface area (Å²) in [4.78, 5) is 49.7. The van der Waals surface area contributed by atoms with Crippen LogP contribution in [0.15, 0.2) is 112 Å². The molecule has 0 spiro atoms. The Bertz CT molecular complexity index is 2580. The fraction of sp³-hybridized carbons (Fsp3) is 0.289. The maximum Gasteiger partial charge on any atom is 0.368 e. The molecule has 14 nitrogen and oxygen atoms in total. The second-order valence-electron chi connectivity index (χ2n) is 15.4. The molecule has 0 aliphatic carbocycles. The number of anilines is 3. The number of benzene rings is 3. The molecule has 0 amide bonds. The highest BCUT2D eigenvalue weighted by Gasteiger charge is 2.28. The minimum Gasteiger partial charge on any atom is -0.497 e. The lowest BCUT2D eigenvalue weighted by Gasteiger charge is -2.28. The van der Waals surface area contributed by atoms with Gasteiger partial charge in [-0.3, -0.25) is 9.59 Å². The number of carbonyl (C=O) groups excluding carboxylic acids is 1. The van der Waals surface area contributed by atoms with Gasteiger partial charge in [0.1, 0.15) is 30.1 Å². The number of pyridine rings is 2. The third-order valence-electron chi connectivity index (χ3n) is 10.5. The summed E-state index contributed by atoms with van der Waals surface area (Å²) in [7, 11) is 6.96. The van der Waals surface area contributed by atoms with E-state index in [0.717, 1.165) is 35.6 Å². The molecule has 310 valence electrons. The van der Waals surface area contributed by atoms with Crippen molar-refractivity contribution < 1.29 is 28.4 Å². The Morgan fingerprint density at radius 2 is 1.78 bits per heavy atom. The molecule has 1 saturated heterocycles. The predicted octanol–water partition coefficient (Wildman–Crippen LogP) is 7.07. The van der Waals surface area contributed by atoms with Crippen LogP contribution in [0, 0.1) is 10.1 Å². The predicted molar refractivity (Wildman–Crippen MR) is 235 cm³/mol. The van der Waals surface area contributed by atoms with Crippen molar-refractivity contribution in [1.29, 1.82) is 0 Å². The Hall–Kier alpha value is -6.35. The maximum atomic E-state index is 14.7. The molecule has 1 N–H and O–H groups in total. The minimum absolute atomic E-state index is 0.0902. The van der Waals surface area contributed by atoms with Gasteiger partial charge in [-0.25, -0.2) is 4.98 Å². The van der Waals surface area contributed by atoms with Crippen molar-refractivity contribution in [3.63, 3.8) is 0 Å². The van der Waals surface area contributed by atoms with Crippen molar-refractivity contribution in [3.05, 3.63) is 139 Å². The van der Waals surface area contributed by atoms with Gasteiger partial charge in [-0.05, 0) is 64.6 Å². The first-order valence-corrected chi connectivity index (χ1v) is 19.9. The van der Waals surface area contributed by atoms with Crippen molar-refractivity contribution in [3.8, 4) is 22.6 Å². The van der Waals surface area contributed by atoms with Gasteiger partial charge in [0, 0.05) is 72.1 Å². The van der Waals surface area contributed by atoms with Gasteiger partial charge in [0.25, 0.3) is 5.56 Å². The van der Waals surface area contributed by atoms with Crippen LogP contribution in [-0.2, 0) is 22.5 Å². The summed E-state index contributed by atoms with van der Waals surface area (Å²) < 4.78 is 18.7. The van der Waals surface area contributed by atoms with Gasteiger partial charge in [-0.15, -0.1) is 0 Å². The van der Waals surface area contributed by atoms with E-state index in [-0.39, 0.29) is 35.2 Å². The van der Waals surface area contributed by atoms with Crippen LogP contribution in [-0.4, -0.2) is 98.7 Å². The highest BCUT2D eigenvalue weighted by Crippen LogP contribution is 2.39. The molecule has 7 rings (SSSR count). The molecule has 1 fully saturated rings. The molecule has 0 saturated carbocycles. The first-order valence-electron chi connectivity index (χ1n) is 19.5. The third kappa shape index (κ3) is 9.74. The number of rotatable bonds is 16. The summed E-state index contributed by atoms with van der Waals surface area (Å²) >= 11 is 6.84. The van der Waals surface area contributed by atoms with E-state index in [1.165, 1.54) is 14.2 Å². The lowest BCUT2D eigenvalue weighted by atomic mass is 10.0. The van der Waals surface area contributed by atoms with E-state index in [1.807, 2.05) is 62.6 Å². The smallest absolute Gasteiger partial charge is 0.368 e. The molecule has 60 heavy (non-hydrogen) atoms. The van der Waals surface area contributed by atoms with Crippen molar-refractivity contribution >= 4 is 51.7 Å². The summed E-state index contributed by atoms with van der Waals surface area (Å²) in [5.41, 5.74) is 5.39. The number of halogens is 1. The molecule has 2 aliphatic heterocycles. The number of allylic oxidation sites excluding steroid dienone is 1. The van der Waals surface area contributed by atoms with Crippen LogP contribution in [0.5, 0.6) is 11.5 Å². The molecule has 0 atom stereocenters. The average molecular weight is 833 g/mol. The lowest BCUT2D eigenvalue weighted by molar-refractivity contribution is -0.880. The minimum atomic E-state index is -0.449. The number of aliphatic imine (C=N–C) groups is 1. The summed E-state index contributed by atoms with van der Waals surface area (Å²) in [6, 6.07) is 22.8. The van der Waals surface area contributed by atoms with Crippen LogP contribution in [0.2, 0.25) is 5.02 Å². The summed E-state index contributed by atoms with van der Waals surface area (Å²) in [5.74, 6) is 1.23. The van der Waals surface area contributed by atoms with Gasteiger partial charge in [-0.1, -0.05) is 40.9 Å². The first kappa shape index (κ1) is 41.8. The van der Waals surface area contributed by atoms with Crippen molar-refractivity contribution in [2.45, 2.75) is 19.4 Å². The van der Waals surface area contributed by atoms with Crippen LogP contribution in [0.25, 0.3) is 22.0 Å². The molecular weight excluding hydrogens is 786 g/mol. The third-order valence-corrected chi connectivity index (χ3v) is 10.9. The highest BCUT2D eigenvalue weighted by molar-refractivity contribution is 6.35. The van der Waals surface area contributed by atoms with E-state index in [9.17, 15) is 19.7 Å². The number of morpholine rings is 1. The zero-order valence-corrected chi connectivity index (χ0v) is 34.8. The molecule has 3 aromatic carbocycles. The SMILES string of the molecule is COc1cc(OC)c(Cl)c(-c2cc3cnc(Nc4ccc(N5CCOCC5)cc4)cc3n(Cc3cccc(CC(=O)/C=C/C[N+](C)(C)CC4=C([N+](=O)[O-])N=CC4)c3)c2=O)c1. The topological polar surface area (TPSA) is 150 Å². The summed E-state index contributed by atoms with van der Waals surface area (Å²) in [6.07, 6.45) is 7.26. The van der Waals surface area contributed by atoms with E-state index < -0.39 is 4.92 Å². The van der Waals surface area contributed by atoms with Crippen molar-refractivity contribution in [2.75, 3.05) is 77.9 Å². The fourth-order valence-electron chi connectivity index (χ4n) is 7.52. The number of nitro groups is 1. The second kappa shape index (κ2) is 18.3. The lowest BCUT2D eigenvalue weighted by Crippen LogP contribution is -2.41. The van der Waals surface area contributed by atoms with Gasteiger partial charge in [-0.2, -0.15) is 0 Å². The van der Waals surface area contributed by atoms with E-state index >= 15 is 0 Å². The molecular formula is C45H47ClN7O7+. The van der Waals surface area contributed by atoms with Crippen LogP contribution < -0.4 is 25.2 Å². The van der Waals surface area contributed by atoms with E-state index in [0.29, 0.717) is 82.1 Å². The van der Waals surface area contributed by atoms with Gasteiger partial charge < -0.3 is 43.6 Å². The molecule has 0 unspecified atom stereocenters. The Kier molecular flexibility index (Phi) is 12.7. The van der Waals surface area contributed by atoms with E-state index in [2.05, 4.69) is 27.3 Å². The van der Waals surface area contributed by atoms with Crippen LogP contribution in [0.3, 0.4) is 0 Å². The number of methoxy groups -OCH3 is 2. The normalized spacial score (nSPS) is 14.3.